The second-order valence-electron chi connectivity index (χ2n) is 8.38. The number of benzene rings is 1. The van der Waals surface area contributed by atoms with Gasteiger partial charge in [-0.15, -0.1) is 0 Å². The SMILES string of the molecule is Cc1cccc(C(C)C)c1NC(=O)NC1CC(N(CC(=O)O)CC2CC2)C1. The lowest BCUT2D eigenvalue weighted by Gasteiger charge is -2.42. The summed E-state index contributed by atoms with van der Waals surface area (Å²) in [5.74, 6) is 0.223. The minimum atomic E-state index is -0.773. The van der Waals surface area contributed by atoms with Crippen LogP contribution in [0.1, 0.15) is 56.6 Å². The summed E-state index contributed by atoms with van der Waals surface area (Å²) < 4.78 is 0. The van der Waals surface area contributed by atoms with Crippen LogP contribution in [0.4, 0.5) is 10.5 Å². The van der Waals surface area contributed by atoms with E-state index in [1.54, 1.807) is 0 Å². The van der Waals surface area contributed by atoms with Gasteiger partial charge in [0.05, 0.1) is 6.54 Å². The third-order valence-corrected chi connectivity index (χ3v) is 5.66. The maximum absolute atomic E-state index is 12.5. The van der Waals surface area contributed by atoms with Gasteiger partial charge in [0.1, 0.15) is 0 Å². The molecule has 1 aromatic rings. The molecule has 148 valence electrons. The van der Waals surface area contributed by atoms with E-state index in [4.69, 9.17) is 5.11 Å². The molecular formula is C21H31N3O3. The van der Waals surface area contributed by atoms with E-state index in [0.717, 1.165) is 36.2 Å². The van der Waals surface area contributed by atoms with Crippen molar-refractivity contribution in [2.75, 3.05) is 18.4 Å². The fourth-order valence-corrected chi connectivity index (χ4v) is 3.83. The lowest BCUT2D eigenvalue weighted by atomic mass is 9.85. The fraction of sp³-hybridized carbons (Fsp3) is 0.619. The third kappa shape index (κ3) is 5.22. The Bertz CT molecular complexity index is 694. The molecule has 2 aliphatic rings. The Hall–Kier alpha value is -2.08. The summed E-state index contributed by atoms with van der Waals surface area (Å²) in [4.78, 5) is 25.6. The molecule has 6 heteroatoms. The summed E-state index contributed by atoms with van der Waals surface area (Å²) in [6.07, 6.45) is 4.06. The van der Waals surface area contributed by atoms with E-state index in [-0.39, 0.29) is 24.7 Å². The molecule has 6 nitrogen and oxygen atoms in total. The Labute approximate surface area is 161 Å². The molecule has 1 aromatic carbocycles. The zero-order valence-corrected chi connectivity index (χ0v) is 16.5. The van der Waals surface area contributed by atoms with Crippen LogP contribution in [0.3, 0.4) is 0 Å². The highest BCUT2D eigenvalue weighted by molar-refractivity contribution is 5.91. The first-order valence-corrected chi connectivity index (χ1v) is 9.96. The molecule has 27 heavy (non-hydrogen) atoms. The van der Waals surface area contributed by atoms with Crippen LogP contribution >= 0.6 is 0 Å². The highest BCUT2D eigenvalue weighted by atomic mass is 16.4. The molecular weight excluding hydrogens is 342 g/mol. The summed E-state index contributed by atoms with van der Waals surface area (Å²) in [7, 11) is 0. The van der Waals surface area contributed by atoms with Crippen LogP contribution < -0.4 is 10.6 Å². The van der Waals surface area contributed by atoms with E-state index in [0.29, 0.717) is 11.8 Å². The molecule has 0 heterocycles. The summed E-state index contributed by atoms with van der Waals surface area (Å²) in [6, 6.07) is 6.26. The highest BCUT2D eigenvalue weighted by Gasteiger charge is 2.37. The molecule has 0 radical (unpaired) electrons. The van der Waals surface area contributed by atoms with Gasteiger partial charge in [-0.3, -0.25) is 9.69 Å². The number of anilines is 1. The summed E-state index contributed by atoms with van der Waals surface area (Å²) in [6.45, 7) is 7.21. The van der Waals surface area contributed by atoms with Crippen LogP contribution in [0.5, 0.6) is 0 Å². The Kier molecular flexibility index (Phi) is 6.05. The second kappa shape index (κ2) is 8.30. The number of para-hydroxylation sites is 1. The predicted octanol–water partition coefficient (Wildman–Crippen LogP) is 3.57. The number of carbonyl (C=O) groups is 2. The molecule has 0 atom stereocenters. The molecule has 0 unspecified atom stereocenters. The summed E-state index contributed by atoms with van der Waals surface area (Å²) >= 11 is 0. The van der Waals surface area contributed by atoms with Crippen molar-refractivity contribution in [3.8, 4) is 0 Å². The zero-order valence-electron chi connectivity index (χ0n) is 16.5. The number of amides is 2. The molecule has 3 N–H and O–H groups in total. The average molecular weight is 373 g/mol. The monoisotopic (exact) mass is 373 g/mol. The molecule has 2 aliphatic carbocycles. The first kappa shape index (κ1) is 19.7. The number of carbonyl (C=O) groups excluding carboxylic acids is 1. The standard InChI is InChI=1S/C21H31N3O3/c1-13(2)18-6-4-5-14(3)20(18)23-21(27)22-16-9-17(10-16)24(12-19(25)26)11-15-7-8-15/h4-6,13,15-17H,7-12H2,1-3H3,(H,25,26)(H2,22,23,27). The van der Waals surface area contributed by atoms with Crippen molar-refractivity contribution in [1.82, 2.24) is 10.2 Å². The van der Waals surface area contributed by atoms with Crippen molar-refractivity contribution in [1.29, 1.82) is 0 Å². The average Bonchev–Trinajstić information content (AvgIpc) is 3.35. The molecule has 3 rings (SSSR count). The fourth-order valence-electron chi connectivity index (χ4n) is 3.83. The van der Waals surface area contributed by atoms with Crippen molar-refractivity contribution >= 4 is 17.7 Å². The summed E-state index contributed by atoms with van der Waals surface area (Å²) in [5.41, 5.74) is 3.08. The Morgan fingerprint density at radius 2 is 1.96 bits per heavy atom. The number of nitrogens with zero attached hydrogens (tertiary/aromatic N) is 1. The number of rotatable bonds is 8. The van der Waals surface area contributed by atoms with E-state index in [1.165, 1.54) is 12.8 Å². The number of hydrogen-bond donors (Lipinski definition) is 3. The molecule has 0 aliphatic heterocycles. The maximum Gasteiger partial charge on any atom is 0.319 e. The van der Waals surface area contributed by atoms with E-state index < -0.39 is 5.97 Å². The van der Waals surface area contributed by atoms with Crippen molar-refractivity contribution in [2.45, 2.75) is 64.5 Å². The van der Waals surface area contributed by atoms with Gasteiger partial charge >= 0.3 is 12.0 Å². The number of carboxylic acids is 1. The second-order valence-corrected chi connectivity index (χ2v) is 8.38. The smallest absolute Gasteiger partial charge is 0.319 e. The molecule has 0 bridgehead atoms. The van der Waals surface area contributed by atoms with Gasteiger partial charge in [-0.25, -0.2) is 4.79 Å². The van der Waals surface area contributed by atoms with Crippen molar-refractivity contribution < 1.29 is 14.7 Å². The number of nitrogens with one attached hydrogen (secondary N) is 2. The van der Waals surface area contributed by atoms with Gasteiger partial charge in [0, 0.05) is 24.3 Å². The molecule has 0 saturated heterocycles. The molecule has 2 fully saturated rings. The van der Waals surface area contributed by atoms with Gasteiger partial charge in [0.15, 0.2) is 0 Å². The van der Waals surface area contributed by atoms with Crippen LogP contribution in [0.15, 0.2) is 18.2 Å². The molecule has 0 aromatic heterocycles. The first-order chi connectivity index (χ1) is 12.8. The van der Waals surface area contributed by atoms with Crippen molar-refractivity contribution in [2.24, 2.45) is 5.92 Å². The van der Waals surface area contributed by atoms with Gasteiger partial charge in [-0.1, -0.05) is 32.0 Å². The normalized spacial score (nSPS) is 21.8. The van der Waals surface area contributed by atoms with E-state index >= 15 is 0 Å². The van der Waals surface area contributed by atoms with Gasteiger partial charge in [0.2, 0.25) is 0 Å². The topological polar surface area (TPSA) is 81.7 Å². The van der Waals surface area contributed by atoms with Crippen molar-refractivity contribution in [3.05, 3.63) is 29.3 Å². The minimum absolute atomic E-state index is 0.0983. The molecule has 0 spiro atoms. The lowest BCUT2D eigenvalue weighted by molar-refractivity contribution is -0.139. The van der Waals surface area contributed by atoms with Gasteiger partial charge in [0.25, 0.3) is 0 Å². The van der Waals surface area contributed by atoms with Crippen LogP contribution in [-0.2, 0) is 4.79 Å². The molecule has 2 saturated carbocycles. The number of carboxylic acid groups (broad SMARTS) is 1. The lowest BCUT2D eigenvalue weighted by Crippen LogP contribution is -2.56. The van der Waals surface area contributed by atoms with Gasteiger partial charge < -0.3 is 15.7 Å². The third-order valence-electron chi connectivity index (χ3n) is 5.66. The zero-order chi connectivity index (χ0) is 19.6. The van der Waals surface area contributed by atoms with Crippen LogP contribution in [0.2, 0.25) is 0 Å². The van der Waals surface area contributed by atoms with Crippen LogP contribution in [0.25, 0.3) is 0 Å². The van der Waals surface area contributed by atoms with Crippen LogP contribution in [-0.4, -0.2) is 47.2 Å². The minimum Gasteiger partial charge on any atom is -0.480 e. The molecule has 2 amide bonds. The van der Waals surface area contributed by atoms with Gasteiger partial charge in [-0.05, 0) is 55.6 Å². The van der Waals surface area contributed by atoms with E-state index in [1.807, 2.05) is 25.1 Å². The number of hydrogen-bond acceptors (Lipinski definition) is 3. The van der Waals surface area contributed by atoms with E-state index in [2.05, 4.69) is 29.4 Å². The maximum atomic E-state index is 12.5. The predicted molar refractivity (Wildman–Crippen MR) is 106 cm³/mol. The Morgan fingerprint density at radius 1 is 1.26 bits per heavy atom. The van der Waals surface area contributed by atoms with Crippen LogP contribution in [0, 0.1) is 12.8 Å². The quantitative estimate of drug-likeness (QED) is 0.651. The largest absolute Gasteiger partial charge is 0.480 e. The number of aliphatic carboxylic acids is 1. The summed E-state index contributed by atoms with van der Waals surface area (Å²) in [5, 5.41) is 15.2. The number of aryl methyl sites for hydroxylation is 1. The highest BCUT2D eigenvalue weighted by Crippen LogP contribution is 2.34. The van der Waals surface area contributed by atoms with Gasteiger partial charge in [-0.2, -0.15) is 0 Å². The first-order valence-electron chi connectivity index (χ1n) is 9.96. The van der Waals surface area contributed by atoms with E-state index in [9.17, 15) is 9.59 Å². The van der Waals surface area contributed by atoms with Crippen molar-refractivity contribution in [3.63, 3.8) is 0 Å². The Morgan fingerprint density at radius 3 is 2.56 bits per heavy atom. The number of urea groups is 1. The Balaban J connectivity index is 1.51.